The molecule has 0 bridgehead atoms. The first-order valence-electron chi connectivity index (χ1n) is 7.90. The molecule has 1 aromatic carbocycles. The molecule has 0 unspecified atom stereocenters. The van der Waals surface area contributed by atoms with Gasteiger partial charge in [0, 0.05) is 25.2 Å². The first kappa shape index (κ1) is 19.5. The van der Waals surface area contributed by atoms with Gasteiger partial charge in [-0.25, -0.2) is 0 Å². The number of carbonyl (C=O) groups is 4. The van der Waals surface area contributed by atoms with Gasteiger partial charge in [-0.15, -0.1) is 0 Å². The van der Waals surface area contributed by atoms with Gasteiger partial charge in [0.25, 0.3) is 17.5 Å². The zero-order chi connectivity index (χ0) is 20.0. The highest BCUT2D eigenvalue weighted by Gasteiger charge is 2.37. The fraction of sp³-hybridized carbons (Fsp3) is 0.312. The Morgan fingerprint density at radius 3 is 2.37 bits per heavy atom. The molecule has 1 heterocycles. The molecule has 0 spiro atoms. The molecule has 1 aliphatic heterocycles. The van der Waals surface area contributed by atoms with Crippen LogP contribution in [0.1, 0.15) is 33.6 Å². The number of nitro groups is 1. The molecule has 0 radical (unpaired) electrons. The van der Waals surface area contributed by atoms with Gasteiger partial charge in [-0.3, -0.25) is 34.2 Å². The molecule has 140 valence electrons. The van der Waals surface area contributed by atoms with Gasteiger partial charge in [-0.1, -0.05) is 0 Å². The van der Waals surface area contributed by atoms with Crippen molar-refractivity contribution in [2.24, 2.45) is 0 Å². The summed E-state index contributed by atoms with van der Waals surface area (Å²) < 4.78 is 0. The van der Waals surface area contributed by atoms with Gasteiger partial charge in [0.1, 0.15) is 13.0 Å². The minimum Gasteiger partial charge on any atom is -0.355 e. The fourth-order valence-electron chi connectivity index (χ4n) is 2.41. The van der Waals surface area contributed by atoms with Crippen LogP contribution in [0.25, 0.3) is 0 Å². The molecule has 11 nitrogen and oxygen atoms in total. The summed E-state index contributed by atoms with van der Waals surface area (Å²) in [4.78, 5) is 58.3. The average molecular weight is 373 g/mol. The van der Waals surface area contributed by atoms with Gasteiger partial charge < -0.3 is 10.6 Å². The van der Waals surface area contributed by atoms with Crippen molar-refractivity contribution in [1.29, 1.82) is 5.26 Å². The Morgan fingerprint density at radius 2 is 1.74 bits per heavy atom. The third-order valence-electron chi connectivity index (χ3n) is 3.70. The number of benzene rings is 1. The molecule has 4 amide bonds. The summed E-state index contributed by atoms with van der Waals surface area (Å²) in [6.45, 7) is -0.0568. The van der Waals surface area contributed by atoms with E-state index in [9.17, 15) is 29.3 Å². The highest BCUT2D eigenvalue weighted by molar-refractivity contribution is 6.22. The molecule has 0 atom stereocenters. The highest BCUT2D eigenvalue weighted by atomic mass is 16.6. The molecule has 0 aromatic heterocycles. The van der Waals surface area contributed by atoms with E-state index in [2.05, 4.69) is 10.6 Å². The van der Waals surface area contributed by atoms with E-state index >= 15 is 0 Å². The largest absolute Gasteiger partial charge is 0.355 e. The minimum atomic E-state index is -0.766. The van der Waals surface area contributed by atoms with E-state index in [1.165, 1.54) is 6.07 Å². The van der Waals surface area contributed by atoms with Gasteiger partial charge in [-0.05, 0) is 12.5 Å². The summed E-state index contributed by atoms with van der Waals surface area (Å²) in [7, 11) is 0. The maximum absolute atomic E-state index is 12.3. The van der Waals surface area contributed by atoms with Crippen molar-refractivity contribution in [2.45, 2.75) is 12.8 Å². The van der Waals surface area contributed by atoms with E-state index < -0.39 is 35.1 Å². The maximum atomic E-state index is 12.3. The minimum absolute atomic E-state index is 0.0126. The number of nitro benzene ring substituents is 1. The lowest BCUT2D eigenvalue weighted by Crippen LogP contribution is -2.41. The van der Waals surface area contributed by atoms with E-state index in [1.54, 1.807) is 6.07 Å². The normalized spacial score (nSPS) is 12.3. The lowest BCUT2D eigenvalue weighted by molar-refractivity contribution is -0.384. The summed E-state index contributed by atoms with van der Waals surface area (Å²) in [5, 5.41) is 24.1. The van der Waals surface area contributed by atoms with E-state index in [1.807, 2.05) is 0 Å². The predicted octanol–water partition coefficient (Wildman–Crippen LogP) is -0.273. The van der Waals surface area contributed by atoms with E-state index in [-0.39, 0.29) is 36.3 Å². The van der Waals surface area contributed by atoms with Crippen LogP contribution in [0, 0.1) is 21.4 Å². The van der Waals surface area contributed by atoms with Crippen LogP contribution in [0.4, 0.5) is 5.69 Å². The van der Waals surface area contributed by atoms with Crippen molar-refractivity contribution in [2.75, 3.05) is 19.6 Å². The predicted molar refractivity (Wildman–Crippen MR) is 89.3 cm³/mol. The van der Waals surface area contributed by atoms with Crippen molar-refractivity contribution in [3.05, 3.63) is 39.4 Å². The summed E-state index contributed by atoms with van der Waals surface area (Å²) in [6.07, 6.45) is 0.154. The summed E-state index contributed by atoms with van der Waals surface area (Å²) in [6, 6.07) is 5.02. The van der Waals surface area contributed by atoms with Gasteiger partial charge in [0.05, 0.1) is 22.1 Å². The number of hydrogen-bond acceptors (Lipinski definition) is 7. The summed E-state index contributed by atoms with van der Waals surface area (Å²) >= 11 is 0. The standard InChI is InChI=1S/C16H15N5O6/c17-5-4-13(22)18-6-1-7-19-14(23)9-20-15(24)11-3-2-10(21(26)27)8-12(11)16(20)25/h2-3,8H,1,4,6-7,9H2,(H,18,22)(H,19,23). The van der Waals surface area contributed by atoms with Crippen molar-refractivity contribution < 1.29 is 24.1 Å². The molecule has 11 heteroatoms. The second kappa shape index (κ2) is 8.52. The molecular formula is C16H15N5O6. The van der Waals surface area contributed by atoms with Crippen LogP contribution in [0.3, 0.4) is 0 Å². The number of hydrogen-bond donors (Lipinski definition) is 2. The van der Waals surface area contributed by atoms with Gasteiger partial charge >= 0.3 is 0 Å². The van der Waals surface area contributed by atoms with Crippen LogP contribution in [-0.4, -0.2) is 53.1 Å². The zero-order valence-electron chi connectivity index (χ0n) is 14.1. The summed E-state index contributed by atoms with van der Waals surface area (Å²) in [5.74, 6) is -2.45. The molecule has 2 N–H and O–H groups in total. The molecule has 1 aromatic rings. The van der Waals surface area contributed by atoms with E-state index in [0.29, 0.717) is 6.42 Å². The van der Waals surface area contributed by atoms with Crippen LogP contribution in [0.5, 0.6) is 0 Å². The SMILES string of the molecule is N#CCC(=O)NCCCNC(=O)CN1C(=O)c2ccc([N+](=O)[O-])cc2C1=O. The second-order valence-electron chi connectivity index (χ2n) is 5.57. The first-order chi connectivity index (χ1) is 12.8. The van der Waals surface area contributed by atoms with Crippen molar-refractivity contribution in [3.8, 4) is 6.07 Å². The molecule has 27 heavy (non-hydrogen) atoms. The van der Waals surface area contributed by atoms with Crippen molar-refractivity contribution in [1.82, 2.24) is 15.5 Å². The lowest BCUT2D eigenvalue weighted by atomic mass is 10.1. The number of nitriles is 1. The maximum Gasteiger partial charge on any atom is 0.270 e. The number of nitrogens with zero attached hydrogens (tertiary/aromatic N) is 3. The number of amides is 4. The molecule has 1 aliphatic rings. The molecule has 2 rings (SSSR count). The topological polar surface area (TPSA) is 163 Å². The molecule has 0 aliphatic carbocycles. The summed E-state index contributed by atoms with van der Waals surface area (Å²) in [5.41, 5.74) is -0.416. The van der Waals surface area contributed by atoms with Crippen LogP contribution in [-0.2, 0) is 9.59 Å². The average Bonchev–Trinajstić information content (AvgIpc) is 2.86. The smallest absolute Gasteiger partial charge is 0.270 e. The Kier molecular flexibility index (Phi) is 6.16. The Labute approximate surface area is 153 Å². The number of rotatable bonds is 8. The molecule has 0 saturated carbocycles. The number of non-ortho nitro benzene ring substituents is 1. The quantitative estimate of drug-likeness (QED) is 0.274. The van der Waals surface area contributed by atoms with Crippen LogP contribution >= 0.6 is 0 Å². The first-order valence-corrected chi connectivity index (χ1v) is 7.90. The molecule has 0 saturated heterocycles. The van der Waals surface area contributed by atoms with E-state index in [4.69, 9.17) is 5.26 Å². The number of fused-ring (bicyclic) bond motifs is 1. The number of imide groups is 1. The fourth-order valence-corrected chi connectivity index (χ4v) is 2.41. The van der Waals surface area contributed by atoms with E-state index in [0.717, 1.165) is 17.0 Å². The van der Waals surface area contributed by atoms with Gasteiger partial charge in [0.15, 0.2) is 0 Å². The Balaban J connectivity index is 1.85. The monoisotopic (exact) mass is 373 g/mol. The Morgan fingerprint density at radius 1 is 1.11 bits per heavy atom. The second-order valence-corrected chi connectivity index (χ2v) is 5.57. The van der Waals surface area contributed by atoms with Crippen LogP contribution in [0.15, 0.2) is 18.2 Å². The van der Waals surface area contributed by atoms with Crippen LogP contribution in [0.2, 0.25) is 0 Å². The zero-order valence-corrected chi connectivity index (χ0v) is 14.1. The molecular weight excluding hydrogens is 358 g/mol. The van der Waals surface area contributed by atoms with Gasteiger partial charge in [-0.2, -0.15) is 5.26 Å². The lowest BCUT2D eigenvalue weighted by Gasteiger charge is -2.13. The third-order valence-corrected chi connectivity index (χ3v) is 3.70. The molecule has 0 fully saturated rings. The number of nitrogens with one attached hydrogen (secondary N) is 2. The van der Waals surface area contributed by atoms with Gasteiger partial charge in [0.2, 0.25) is 11.8 Å². The Hall–Kier alpha value is -3.81. The third kappa shape index (κ3) is 4.63. The van der Waals surface area contributed by atoms with Crippen LogP contribution < -0.4 is 10.6 Å². The highest BCUT2D eigenvalue weighted by Crippen LogP contribution is 2.26. The number of carbonyl (C=O) groups excluding carboxylic acids is 4. The van der Waals surface area contributed by atoms with Crippen molar-refractivity contribution in [3.63, 3.8) is 0 Å². The van der Waals surface area contributed by atoms with Crippen molar-refractivity contribution >= 4 is 29.3 Å². The Bertz CT molecular complexity index is 859.